The molecule has 15 heavy (non-hydrogen) atoms. The molecule has 0 aliphatic rings. The van der Waals surface area contributed by atoms with E-state index in [2.05, 4.69) is 16.8 Å². The Labute approximate surface area is 87.8 Å². The van der Waals surface area contributed by atoms with Gasteiger partial charge in [-0.15, -0.1) is 5.92 Å². The molecule has 1 aromatic heterocycles. The monoisotopic (exact) mass is 198 g/mol. The van der Waals surface area contributed by atoms with Crippen LogP contribution in [0.1, 0.15) is 12.5 Å². The molecule has 1 heterocycles. The lowest BCUT2D eigenvalue weighted by Crippen LogP contribution is -2.02. The summed E-state index contributed by atoms with van der Waals surface area (Å²) in [6.45, 7) is 1.80. The minimum absolute atomic E-state index is 0.611. The number of aromatic nitrogens is 1. The molecule has 0 aliphatic heterocycles. The number of nitrogens with two attached hydrogens (primary N) is 1. The summed E-state index contributed by atoms with van der Waals surface area (Å²) in [7, 11) is 0. The van der Waals surface area contributed by atoms with Gasteiger partial charge in [-0.25, -0.2) is 0 Å². The highest BCUT2D eigenvalue weighted by Gasteiger charge is 2.02. The van der Waals surface area contributed by atoms with E-state index >= 15 is 0 Å². The molecular weight excluding hydrogens is 188 g/mol. The van der Waals surface area contributed by atoms with Crippen molar-refractivity contribution in [3.05, 3.63) is 36.0 Å². The first-order chi connectivity index (χ1) is 7.35. The van der Waals surface area contributed by atoms with Crippen molar-refractivity contribution in [1.29, 1.82) is 0 Å². The average Bonchev–Trinajstić information content (AvgIpc) is 2.28. The van der Waals surface area contributed by atoms with Crippen LogP contribution in [-0.2, 0) is 0 Å². The molecule has 0 amide bonds. The maximum absolute atomic E-state index is 5.18. The van der Waals surface area contributed by atoms with E-state index in [-0.39, 0.29) is 0 Å². The van der Waals surface area contributed by atoms with E-state index < -0.39 is 0 Å². The lowest BCUT2D eigenvalue weighted by atomic mass is 10.1. The Morgan fingerprint density at radius 1 is 1.33 bits per heavy atom. The Balaban J connectivity index is 2.70. The molecule has 0 saturated heterocycles. The molecule has 3 nitrogen and oxygen atoms in total. The van der Waals surface area contributed by atoms with Crippen molar-refractivity contribution in [3.8, 4) is 17.6 Å². The van der Waals surface area contributed by atoms with Crippen molar-refractivity contribution in [1.82, 2.24) is 4.98 Å². The Morgan fingerprint density at radius 2 is 2.20 bits per heavy atom. The molecule has 0 atom stereocenters. The second-order valence-electron chi connectivity index (χ2n) is 3.03. The number of fused-ring (bicyclic) bond motifs is 1. The number of hydrogen-bond acceptors (Lipinski definition) is 3. The average molecular weight is 198 g/mol. The number of hydrogen-bond donors (Lipinski definition) is 1. The van der Waals surface area contributed by atoms with Crippen molar-refractivity contribution < 1.29 is 4.84 Å². The van der Waals surface area contributed by atoms with E-state index in [1.54, 1.807) is 19.2 Å². The summed E-state index contributed by atoms with van der Waals surface area (Å²) in [5, 5.41) is 0.875. The van der Waals surface area contributed by atoms with E-state index in [0.717, 1.165) is 16.5 Å². The Kier molecular flexibility index (Phi) is 2.53. The highest BCUT2D eigenvalue weighted by Crippen LogP contribution is 2.23. The summed E-state index contributed by atoms with van der Waals surface area (Å²) in [6, 6.07) is 7.47. The molecule has 0 radical (unpaired) electrons. The van der Waals surface area contributed by atoms with Crippen molar-refractivity contribution >= 4 is 10.9 Å². The van der Waals surface area contributed by atoms with Gasteiger partial charge in [-0.2, -0.15) is 5.90 Å². The lowest BCUT2D eigenvalue weighted by Gasteiger charge is -2.03. The van der Waals surface area contributed by atoms with Crippen LogP contribution in [0.4, 0.5) is 0 Å². The minimum atomic E-state index is 0.611. The summed E-state index contributed by atoms with van der Waals surface area (Å²) >= 11 is 0. The number of nitrogens with zero attached hydrogens (tertiary/aromatic N) is 1. The fourth-order valence-electron chi connectivity index (χ4n) is 1.45. The molecule has 0 aliphatic carbocycles. The van der Waals surface area contributed by atoms with E-state index in [1.165, 1.54) is 0 Å². The normalized spacial score (nSPS) is 9.47. The quantitative estimate of drug-likeness (QED) is 0.562. The largest absolute Gasteiger partial charge is 0.411 e. The van der Waals surface area contributed by atoms with Gasteiger partial charge in [-0.1, -0.05) is 5.92 Å². The third-order valence-corrected chi connectivity index (χ3v) is 2.10. The topological polar surface area (TPSA) is 48.1 Å². The van der Waals surface area contributed by atoms with Gasteiger partial charge in [0.25, 0.3) is 0 Å². The van der Waals surface area contributed by atoms with Crippen molar-refractivity contribution in [2.45, 2.75) is 6.92 Å². The van der Waals surface area contributed by atoms with E-state index in [9.17, 15) is 0 Å². The molecule has 0 fully saturated rings. The van der Waals surface area contributed by atoms with Gasteiger partial charge < -0.3 is 4.84 Å². The third kappa shape index (κ3) is 1.76. The summed E-state index contributed by atoms with van der Waals surface area (Å²) in [4.78, 5) is 8.98. The summed E-state index contributed by atoms with van der Waals surface area (Å²) in [6.07, 6.45) is 1.66. The summed E-state index contributed by atoms with van der Waals surface area (Å²) in [5.74, 6) is 11.6. The van der Waals surface area contributed by atoms with Crippen LogP contribution < -0.4 is 10.7 Å². The van der Waals surface area contributed by atoms with Crippen LogP contribution in [0.25, 0.3) is 10.9 Å². The van der Waals surface area contributed by atoms with Gasteiger partial charge in [-0.05, 0) is 25.1 Å². The van der Waals surface area contributed by atoms with Gasteiger partial charge in [0.2, 0.25) is 0 Å². The molecule has 3 heteroatoms. The SMILES string of the molecule is CC#Cc1ccc2nccc(ON)c2c1. The van der Waals surface area contributed by atoms with Crippen LogP contribution in [-0.4, -0.2) is 4.98 Å². The predicted molar refractivity (Wildman–Crippen MR) is 59.1 cm³/mol. The van der Waals surface area contributed by atoms with Gasteiger partial charge in [0, 0.05) is 23.2 Å². The maximum atomic E-state index is 5.18. The maximum Gasteiger partial charge on any atom is 0.157 e. The molecule has 0 unspecified atom stereocenters. The van der Waals surface area contributed by atoms with Crippen molar-refractivity contribution in [2.24, 2.45) is 5.90 Å². The van der Waals surface area contributed by atoms with Crippen molar-refractivity contribution in [2.75, 3.05) is 0 Å². The zero-order chi connectivity index (χ0) is 10.7. The van der Waals surface area contributed by atoms with Crippen LogP contribution in [0.2, 0.25) is 0 Å². The Morgan fingerprint density at radius 3 is 2.93 bits per heavy atom. The Hall–Kier alpha value is -2.05. The van der Waals surface area contributed by atoms with Gasteiger partial charge in [0.1, 0.15) is 0 Å². The lowest BCUT2D eigenvalue weighted by molar-refractivity contribution is 0.338. The molecule has 0 spiro atoms. The van der Waals surface area contributed by atoms with E-state index in [0.29, 0.717) is 5.75 Å². The van der Waals surface area contributed by atoms with Crippen molar-refractivity contribution in [3.63, 3.8) is 0 Å². The zero-order valence-corrected chi connectivity index (χ0v) is 8.32. The van der Waals surface area contributed by atoms with Gasteiger partial charge in [-0.3, -0.25) is 4.98 Å². The summed E-state index contributed by atoms with van der Waals surface area (Å²) in [5.41, 5.74) is 1.77. The molecule has 0 saturated carbocycles. The Bertz CT molecular complexity index is 552. The van der Waals surface area contributed by atoms with Gasteiger partial charge in [0.05, 0.1) is 5.52 Å². The van der Waals surface area contributed by atoms with E-state index in [4.69, 9.17) is 10.7 Å². The van der Waals surface area contributed by atoms with Crippen LogP contribution >= 0.6 is 0 Å². The number of benzene rings is 1. The van der Waals surface area contributed by atoms with E-state index in [1.807, 2.05) is 18.2 Å². The van der Waals surface area contributed by atoms with Crippen LogP contribution in [0, 0.1) is 11.8 Å². The fourth-order valence-corrected chi connectivity index (χ4v) is 1.45. The fraction of sp³-hybridized carbons (Fsp3) is 0.0833. The smallest absolute Gasteiger partial charge is 0.157 e. The van der Waals surface area contributed by atoms with Gasteiger partial charge in [0.15, 0.2) is 5.75 Å². The third-order valence-electron chi connectivity index (χ3n) is 2.10. The summed E-state index contributed by atoms with van der Waals surface area (Å²) < 4.78 is 0. The predicted octanol–water partition coefficient (Wildman–Crippen LogP) is 1.86. The molecule has 0 bridgehead atoms. The highest BCUT2D eigenvalue weighted by atomic mass is 16.6. The molecule has 1 aromatic carbocycles. The first kappa shape index (κ1) is 9.50. The first-order valence-corrected chi connectivity index (χ1v) is 4.53. The molecule has 74 valence electrons. The second kappa shape index (κ2) is 3.99. The molecular formula is C12H10N2O. The zero-order valence-electron chi connectivity index (χ0n) is 8.32. The second-order valence-corrected chi connectivity index (χ2v) is 3.03. The van der Waals surface area contributed by atoms with Crippen LogP contribution in [0.3, 0.4) is 0 Å². The molecule has 2 aromatic rings. The minimum Gasteiger partial charge on any atom is -0.411 e. The van der Waals surface area contributed by atoms with Crippen LogP contribution in [0.5, 0.6) is 5.75 Å². The van der Waals surface area contributed by atoms with Crippen LogP contribution in [0.15, 0.2) is 30.5 Å². The first-order valence-electron chi connectivity index (χ1n) is 4.53. The standard InChI is InChI=1S/C12H10N2O/c1-2-3-9-4-5-11-10(8-9)12(15-13)6-7-14-11/h4-8H,13H2,1H3. The molecule has 2 rings (SSSR count). The number of rotatable bonds is 1. The number of pyridine rings is 1. The molecule has 2 N–H and O–H groups in total. The van der Waals surface area contributed by atoms with Gasteiger partial charge >= 0.3 is 0 Å². The highest BCUT2D eigenvalue weighted by molar-refractivity contribution is 5.86.